The molecule has 1 saturated carbocycles. The number of fused-ring (bicyclic) bond motifs is 1. The summed E-state index contributed by atoms with van der Waals surface area (Å²) in [6.07, 6.45) is 7.11. The molecule has 5 rings (SSSR count). The molecule has 2 fully saturated rings. The fourth-order valence-corrected chi connectivity index (χ4v) is 3.71. The third kappa shape index (κ3) is 3.22. The zero-order valence-electron chi connectivity index (χ0n) is 15.6. The molecule has 144 valence electrons. The van der Waals surface area contributed by atoms with E-state index in [0.29, 0.717) is 11.6 Å². The van der Waals surface area contributed by atoms with E-state index >= 15 is 0 Å². The van der Waals surface area contributed by atoms with Gasteiger partial charge in [-0.3, -0.25) is 4.79 Å². The van der Waals surface area contributed by atoms with Crippen molar-refractivity contribution < 1.29 is 9.90 Å². The maximum Gasteiger partial charge on any atom is 0.251 e. The molecule has 1 aliphatic heterocycles. The van der Waals surface area contributed by atoms with Crippen LogP contribution >= 0.6 is 0 Å². The fourth-order valence-electron chi connectivity index (χ4n) is 3.71. The third-order valence-electron chi connectivity index (χ3n) is 5.54. The Morgan fingerprint density at radius 1 is 1.07 bits per heavy atom. The molecular weight excluding hydrogens is 354 g/mol. The van der Waals surface area contributed by atoms with Crippen molar-refractivity contribution in [2.45, 2.75) is 37.8 Å². The van der Waals surface area contributed by atoms with Gasteiger partial charge in [0, 0.05) is 36.5 Å². The molecule has 1 aromatic carbocycles. The van der Waals surface area contributed by atoms with E-state index in [1.165, 1.54) is 0 Å². The summed E-state index contributed by atoms with van der Waals surface area (Å²) in [7, 11) is 0. The highest BCUT2D eigenvalue weighted by Gasteiger charge is 2.24. The first-order valence-electron chi connectivity index (χ1n) is 9.86. The molecule has 3 heterocycles. The number of hydrogen-bond donors (Lipinski definition) is 2. The van der Waals surface area contributed by atoms with Gasteiger partial charge in [0.2, 0.25) is 0 Å². The zero-order valence-corrected chi connectivity index (χ0v) is 15.6. The number of aliphatic hydroxyl groups excluding tert-OH is 1. The first kappa shape index (κ1) is 17.2. The number of benzene rings is 1. The SMILES string of the molecule is O=C(NC1CC1)c1ccc(-c2cnn3c(N4CCC(O)CC4)ccnc23)cc1. The number of rotatable bonds is 4. The molecule has 2 aromatic heterocycles. The molecule has 0 unspecified atom stereocenters. The smallest absolute Gasteiger partial charge is 0.251 e. The Bertz CT molecular complexity index is 1000. The van der Waals surface area contributed by atoms with Crippen LogP contribution in [-0.2, 0) is 0 Å². The first-order valence-corrected chi connectivity index (χ1v) is 9.86. The van der Waals surface area contributed by atoms with Crippen LogP contribution in [0.2, 0.25) is 0 Å². The Morgan fingerprint density at radius 2 is 1.82 bits per heavy atom. The molecule has 1 aliphatic carbocycles. The lowest BCUT2D eigenvalue weighted by Crippen LogP contribution is -2.36. The van der Waals surface area contributed by atoms with Gasteiger partial charge in [-0.25, -0.2) is 4.98 Å². The number of piperidine rings is 1. The summed E-state index contributed by atoms with van der Waals surface area (Å²) in [5.41, 5.74) is 3.39. The van der Waals surface area contributed by atoms with E-state index < -0.39 is 0 Å². The summed E-state index contributed by atoms with van der Waals surface area (Å²) in [5.74, 6) is 0.977. The highest BCUT2D eigenvalue weighted by molar-refractivity contribution is 5.95. The van der Waals surface area contributed by atoms with Gasteiger partial charge in [0.1, 0.15) is 5.82 Å². The van der Waals surface area contributed by atoms with Crippen molar-refractivity contribution in [2.75, 3.05) is 18.0 Å². The molecule has 1 saturated heterocycles. The van der Waals surface area contributed by atoms with Crippen LogP contribution in [-0.4, -0.2) is 50.8 Å². The van der Waals surface area contributed by atoms with Crippen molar-refractivity contribution in [3.63, 3.8) is 0 Å². The lowest BCUT2D eigenvalue weighted by Gasteiger charge is -2.31. The van der Waals surface area contributed by atoms with Crippen molar-refractivity contribution in [2.24, 2.45) is 0 Å². The molecule has 2 N–H and O–H groups in total. The molecule has 1 amide bonds. The molecule has 7 nitrogen and oxygen atoms in total. The number of nitrogens with zero attached hydrogens (tertiary/aromatic N) is 4. The molecule has 0 radical (unpaired) electrons. The second-order valence-corrected chi connectivity index (χ2v) is 7.64. The van der Waals surface area contributed by atoms with E-state index in [2.05, 4.69) is 20.3 Å². The van der Waals surface area contributed by atoms with Crippen LogP contribution in [0.15, 0.2) is 42.7 Å². The standard InChI is InChI=1S/C21H23N5O2/c27-17-8-11-25(12-9-17)19-7-10-22-20-18(13-23-26(19)20)14-1-3-15(4-2-14)21(28)24-16-5-6-16/h1-4,7,10,13,16-17,27H,5-6,8-9,11-12H2,(H,24,28). The third-order valence-corrected chi connectivity index (χ3v) is 5.54. The fraction of sp³-hybridized carbons (Fsp3) is 0.381. The minimum Gasteiger partial charge on any atom is -0.393 e. The van der Waals surface area contributed by atoms with E-state index in [1.807, 2.05) is 41.0 Å². The van der Waals surface area contributed by atoms with Crippen LogP contribution in [0, 0.1) is 0 Å². The maximum atomic E-state index is 12.2. The van der Waals surface area contributed by atoms with Crippen LogP contribution in [0.4, 0.5) is 5.82 Å². The summed E-state index contributed by atoms with van der Waals surface area (Å²) in [6, 6.07) is 9.92. The van der Waals surface area contributed by atoms with Gasteiger partial charge in [0.25, 0.3) is 5.91 Å². The number of anilines is 1. The Hall–Kier alpha value is -2.93. The van der Waals surface area contributed by atoms with Crippen LogP contribution in [0.3, 0.4) is 0 Å². The minimum atomic E-state index is -0.211. The maximum absolute atomic E-state index is 12.2. The predicted molar refractivity (Wildman–Crippen MR) is 106 cm³/mol. The normalized spacial score (nSPS) is 17.8. The summed E-state index contributed by atoms with van der Waals surface area (Å²) < 4.78 is 1.86. The van der Waals surface area contributed by atoms with Crippen molar-refractivity contribution in [3.8, 4) is 11.1 Å². The van der Waals surface area contributed by atoms with Crippen molar-refractivity contribution in [1.29, 1.82) is 0 Å². The van der Waals surface area contributed by atoms with Crippen LogP contribution in [0.25, 0.3) is 16.8 Å². The van der Waals surface area contributed by atoms with E-state index in [-0.39, 0.29) is 12.0 Å². The number of aliphatic hydroxyl groups is 1. The van der Waals surface area contributed by atoms with Gasteiger partial charge in [0.15, 0.2) is 5.65 Å². The average molecular weight is 377 g/mol. The minimum absolute atomic E-state index is 0.0124. The number of carbonyl (C=O) groups excluding carboxylic acids is 1. The summed E-state index contributed by atoms with van der Waals surface area (Å²) in [5, 5.41) is 17.3. The lowest BCUT2D eigenvalue weighted by molar-refractivity contribution is 0.0951. The highest BCUT2D eigenvalue weighted by Crippen LogP contribution is 2.28. The summed E-state index contributed by atoms with van der Waals surface area (Å²) in [4.78, 5) is 19.0. The predicted octanol–water partition coefficient (Wildman–Crippen LogP) is 2.25. The van der Waals surface area contributed by atoms with Gasteiger partial charge >= 0.3 is 0 Å². The second kappa shape index (κ2) is 6.91. The molecular formula is C21H23N5O2. The second-order valence-electron chi connectivity index (χ2n) is 7.64. The molecule has 0 spiro atoms. The summed E-state index contributed by atoms with van der Waals surface area (Å²) in [6.45, 7) is 1.61. The highest BCUT2D eigenvalue weighted by atomic mass is 16.3. The van der Waals surface area contributed by atoms with E-state index in [1.54, 1.807) is 6.20 Å². The van der Waals surface area contributed by atoms with Crippen molar-refractivity contribution in [3.05, 3.63) is 48.3 Å². The van der Waals surface area contributed by atoms with Gasteiger partial charge in [-0.15, -0.1) is 0 Å². The van der Waals surface area contributed by atoms with Crippen LogP contribution in [0.1, 0.15) is 36.0 Å². The Labute approximate surface area is 163 Å². The van der Waals surface area contributed by atoms with Gasteiger partial charge in [0.05, 0.1) is 12.3 Å². The van der Waals surface area contributed by atoms with Crippen LogP contribution in [0.5, 0.6) is 0 Å². The van der Waals surface area contributed by atoms with E-state index in [0.717, 1.165) is 61.4 Å². The quantitative estimate of drug-likeness (QED) is 0.729. The van der Waals surface area contributed by atoms with Crippen molar-refractivity contribution in [1.82, 2.24) is 19.9 Å². The van der Waals surface area contributed by atoms with E-state index in [4.69, 9.17) is 0 Å². The molecule has 2 aliphatic rings. The van der Waals surface area contributed by atoms with Gasteiger partial charge in [-0.1, -0.05) is 12.1 Å². The Morgan fingerprint density at radius 3 is 2.54 bits per heavy atom. The monoisotopic (exact) mass is 377 g/mol. The number of nitrogens with one attached hydrogen (secondary N) is 1. The Kier molecular flexibility index (Phi) is 4.24. The van der Waals surface area contributed by atoms with Gasteiger partial charge in [-0.05, 0) is 49.4 Å². The number of amides is 1. The molecule has 0 bridgehead atoms. The average Bonchev–Trinajstić information content (AvgIpc) is 3.43. The molecule has 7 heteroatoms. The number of aromatic nitrogens is 3. The molecule has 0 atom stereocenters. The molecule has 28 heavy (non-hydrogen) atoms. The first-order chi connectivity index (χ1) is 13.7. The summed E-state index contributed by atoms with van der Waals surface area (Å²) >= 11 is 0. The largest absolute Gasteiger partial charge is 0.393 e. The van der Waals surface area contributed by atoms with E-state index in [9.17, 15) is 9.90 Å². The van der Waals surface area contributed by atoms with Crippen LogP contribution < -0.4 is 10.2 Å². The molecule has 3 aromatic rings. The number of hydrogen-bond acceptors (Lipinski definition) is 5. The number of carbonyl (C=O) groups is 1. The Balaban J connectivity index is 1.43. The van der Waals surface area contributed by atoms with Gasteiger partial charge in [-0.2, -0.15) is 9.61 Å². The topological polar surface area (TPSA) is 82.8 Å². The lowest BCUT2D eigenvalue weighted by atomic mass is 10.1. The van der Waals surface area contributed by atoms with Gasteiger partial charge < -0.3 is 15.3 Å². The zero-order chi connectivity index (χ0) is 19.1. The van der Waals surface area contributed by atoms with Crippen molar-refractivity contribution >= 4 is 17.4 Å².